The summed E-state index contributed by atoms with van der Waals surface area (Å²) in [6.07, 6.45) is 4.52. The lowest BCUT2D eigenvalue weighted by molar-refractivity contribution is -0.142. The summed E-state index contributed by atoms with van der Waals surface area (Å²) in [6, 6.07) is 28.7. The highest BCUT2D eigenvalue weighted by molar-refractivity contribution is 6.08. The maximum atomic E-state index is 14.3. The van der Waals surface area contributed by atoms with Crippen LogP contribution in [-0.4, -0.2) is 91.8 Å². The minimum absolute atomic E-state index is 0.0944. The number of alkyl carbamates (subject to hydrolysis) is 1. The van der Waals surface area contributed by atoms with Crippen molar-refractivity contribution in [3.05, 3.63) is 108 Å². The van der Waals surface area contributed by atoms with Crippen LogP contribution in [0, 0.1) is 11.8 Å². The van der Waals surface area contributed by atoms with E-state index < -0.39 is 29.7 Å². The molecule has 2 saturated heterocycles. The number of nitrogens with zero attached hydrogens (tertiary/aromatic N) is 4. The predicted molar refractivity (Wildman–Crippen MR) is 251 cm³/mol. The van der Waals surface area contributed by atoms with Crippen LogP contribution >= 0.6 is 0 Å². The van der Waals surface area contributed by atoms with Gasteiger partial charge in [0.2, 0.25) is 11.8 Å². The largest absolute Gasteiger partial charge is 0.453 e. The monoisotopic (exact) mass is 873 g/mol. The van der Waals surface area contributed by atoms with E-state index in [9.17, 15) is 24.3 Å². The first-order chi connectivity index (χ1) is 31.3. The van der Waals surface area contributed by atoms with E-state index >= 15 is 0 Å². The number of aliphatic imine (C=N–C) groups is 1. The Morgan fingerprint density at radius 2 is 1.58 bits per heavy atom. The lowest BCUT2D eigenvalue weighted by Gasteiger charge is -2.37. The number of aromatic nitrogens is 2. The Hall–Kier alpha value is -6.60. The van der Waals surface area contributed by atoms with Gasteiger partial charge in [0.05, 0.1) is 35.9 Å². The summed E-state index contributed by atoms with van der Waals surface area (Å²) in [5, 5.41) is 20.4. The minimum Gasteiger partial charge on any atom is -0.453 e. The summed E-state index contributed by atoms with van der Waals surface area (Å²) in [4.78, 5) is 71.4. The average molecular weight is 874 g/mol. The standard InChI is InChI=1S/C52H55N7O6/c1-28(2)43(57-51(63)65-5)49(61)59-35-18-13-34(26-35)46(59)47-54-40-22-17-33-25-31(15-20-37(33)45(40)55-47)30-14-19-36-32(24-30)16-21-39-38(36)27-41(53-39)42-12-9-23-58(42)48(60)44(29-10-7-6-8-11-29)56-50(62)52(3,4)64/h6-8,10-11,14-17,19-22,24-25,28,34-35,42-44,46,64H,9,12-13,18,23,26-27H2,1-5H3,(H,54,55)(H,56,62)(H,57,63)/t34-,35+,42-,43-,44+,46-/m0/s1. The van der Waals surface area contributed by atoms with Crippen LogP contribution in [0.25, 0.3) is 43.7 Å². The van der Waals surface area contributed by atoms with Crippen molar-refractivity contribution in [1.82, 2.24) is 30.4 Å². The molecular formula is C52H55N7O6. The topological polar surface area (TPSA) is 169 Å². The first-order valence-corrected chi connectivity index (χ1v) is 22.9. The van der Waals surface area contributed by atoms with Gasteiger partial charge in [-0.15, -0.1) is 0 Å². The Balaban J connectivity index is 0.888. The van der Waals surface area contributed by atoms with Crippen molar-refractivity contribution in [2.75, 3.05) is 13.7 Å². The number of methoxy groups -OCH3 is 1. The molecule has 1 saturated carbocycles. The number of benzene rings is 5. The number of fused-ring (bicyclic) bond motifs is 8. The molecule has 65 heavy (non-hydrogen) atoms. The molecule has 4 heterocycles. The zero-order chi connectivity index (χ0) is 45.3. The van der Waals surface area contributed by atoms with Gasteiger partial charge in [-0.25, -0.2) is 9.78 Å². The van der Waals surface area contributed by atoms with E-state index in [-0.39, 0.29) is 35.9 Å². The van der Waals surface area contributed by atoms with Crippen LogP contribution in [0.1, 0.15) is 88.8 Å². The molecule has 1 aromatic heterocycles. The van der Waals surface area contributed by atoms with Crippen molar-refractivity contribution in [3.63, 3.8) is 0 Å². The number of carbonyl (C=O) groups excluding carboxylic acids is 4. The Morgan fingerprint density at radius 1 is 0.862 bits per heavy atom. The molecular weight excluding hydrogens is 819 g/mol. The maximum absolute atomic E-state index is 14.3. The molecule has 3 aliphatic heterocycles. The van der Waals surface area contributed by atoms with Crippen molar-refractivity contribution in [1.29, 1.82) is 0 Å². The van der Waals surface area contributed by atoms with Crippen LogP contribution in [-0.2, 0) is 25.5 Å². The molecule has 13 nitrogen and oxygen atoms in total. The van der Waals surface area contributed by atoms with Gasteiger partial charge in [-0.1, -0.05) is 80.6 Å². The smallest absolute Gasteiger partial charge is 0.407 e. The highest BCUT2D eigenvalue weighted by Crippen LogP contribution is 2.50. The summed E-state index contributed by atoms with van der Waals surface area (Å²) in [6.45, 7) is 7.26. The zero-order valence-electron chi connectivity index (χ0n) is 37.4. The van der Waals surface area contributed by atoms with Gasteiger partial charge < -0.3 is 35.3 Å². The van der Waals surface area contributed by atoms with Gasteiger partial charge in [0.1, 0.15) is 23.5 Å². The quantitative estimate of drug-likeness (QED) is 0.108. The van der Waals surface area contributed by atoms with Crippen molar-refractivity contribution < 1.29 is 29.0 Å². The van der Waals surface area contributed by atoms with Gasteiger partial charge in [-0.3, -0.25) is 19.4 Å². The third kappa shape index (κ3) is 7.59. The molecule has 10 rings (SSSR count). The van der Waals surface area contributed by atoms with Crippen LogP contribution in [0.2, 0.25) is 0 Å². The number of H-pyrrole nitrogens is 1. The molecule has 4 amide bonds. The third-order valence-corrected chi connectivity index (χ3v) is 14.2. The number of amides is 4. The van der Waals surface area contributed by atoms with E-state index in [2.05, 4.69) is 76.3 Å². The molecule has 13 heteroatoms. The number of hydrogen-bond acceptors (Lipinski definition) is 8. The zero-order valence-corrected chi connectivity index (χ0v) is 37.4. The number of rotatable bonds is 10. The second-order valence-corrected chi connectivity index (χ2v) is 19.1. The number of imidazole rings is 1. The van der Waals surface area contributed by atoms with E-state index in [1.54, 1.807) is 0 Å². The molecule has 2 bridgehead atoms. The van der Waals surface area contributed by atoms with Crippen molar-refractivity contribution in [2.24, 2.45) is 16.8 Å². The number of likely N-dealkylation sites (tertiary alicyclic amines) is 2. The van der Waals surface area contributed by atoms with Crippen molar-refractivity contribution in [2.45, 2.75) is 102 Å². The molecule has 6 aromatic rings. The molecule has 3 fully saturated rings. The highest BCUT2D eigenvalue weighted by Gasteiger charge is 2.51. The molecule has 1 aliphatic carbocycles. The van der Waals surface area contributed by atoms with E-state index in [4.69, 9.17) is 14.7 Å². The number of aromatic amines is 1. The SMILES string of the molecule is COC(=O)N[C@H](C(=O)N1[C@@H]2CC[C@@H](C2)[C@H]1c1nc2c(ccc3cc(-c4ccc5c6c(ccc5c4)N=C([C@@H]4CCCN4C(=O)[C@H](NC(=O)C(C)(C)O)c4ccccc4)C6)ccc32)[nH]1)C(C)C. The summed E-state index contributed by atoms with van der Waals surface area (Å²) in [5.41, 5.74) is 5.98. The van der Waals surface area contributed by atoms with Gasteiger partial charge in [0.15, 0.2) is 0 Å². The number of piperidine rings is 1. The maximum Gasteiger partial charge on any atom is 0.407 e. The number of hydrogen-bond donors (Lipinski definition) is 4. The number of nitrogens with one attached hydrogen (secondary N) is 3. The highest BCUT2D eigenvalue weighted by atomic mass is 16.5. The van der Waals surface area contributed by atoms with Crippen LogP contribution < -0.4 is 10.6 Å². The van der Waals surface area contributed by atoms with Crippen LogP contribution in [0.5, 0.6) is 0 Å². The van der Waals surface area contributed by atoms with Crippen molar-refractivity contribution >= 4 is 67.8 Å². The Bertz CT molecular complexity index is 2920. The van der Waals surface area contributed by atoms with Gasteiger partial charge in [-0.05, 0) is 120 Å². The van der Waals surface area contributed by atoms with Crippen LogP contribution in [0.3, 0.4) is 0 Å². The lowest BCUT2D eigenvalue weighted by atomic mass is 9.94. The molecule has 4 aliphatic rings. The Labute approximate surface area is 377 Å². The minimum atomic E-state index is -1.64. The lowest BCUT2D eigenvalue weighted by Crippen LogP contribution is -2.54. The predicted octanol–water partition coefficient (Wildman–Crippen LogP) is 8.22. The fourth-order valence-corrected chi connectivity index (χ4v) is 10.9. The Kier molecular flexibility index (Phi) is 10.7. The summed E-state index contributed by atoms with van der Waals surface area (Å²) in [7, 11) is 1.31. The van der Waals surface area contributed by atoms with E-state index in [0.29, 0.717) is 24.4 Å². The Morgan fingerprint density at radius 3 is 2.31 bits per heavy atom. The first-order valence-electron chi connectivity index (χ1n) is 22.9. The fraction of sp³-hybridized carbons (Fsp3) is 0.385. The number of aliphatic hydroxyl groups is 1. The number of carbonyl (C=O) groups is 4. The molecule has 334 valence electrons. The van der Waals surface area contributed by atoms with Crippen molar-refractivity contribution in [3.8, 4) is 11.1 Å². The van der Waals surface area contributed by atoms with Gasteiger partial charge in [-0.2, -0.15) is 0 Å². The summed E-state index contributed by atoms with van der Waals surface area (Å²) in [5.74, 6) is 0.0488. The fourth-order valence-electron chi connectivity index (χ4n) is 10.9. The second-order valence-electron chi connectivity index (χ2n) is 19.1. The molecule has 0 radical (unpaired) electrons. The third-order valence-electron chi connectivity index (χ3n) is 14.2. The number of ether oxygens (including phenoxy) is 1. The molecule has 6 atom stereocenters. The molecule has 0 spiro atoms. The summed E-state index contributed by atoms with van der Waals surface area (Å²) >= 11 is 0. The van der Waals surface area contributed by atoms with E-state index in [0.717, 1.165) is 98.6 Å². The van der Waals surface area contributed by atoms with E-state index in [1.807, 2.05) is 54.0 Å². The molecule has 0 unspecified atom stereocenters. The molecule has 4 N–H and O–H groups in total. The van der Waals surface area contributed by atoms with Gasteiger partial charge >= 0.3 is 6.09 Å². The van der Waals surface area contributed by atoms with E-state index in [1.165, 1.54) is 21.0 Å². The first kappa shape index (κ1) is 42.4. The average Bonchev–Trinajstić information content (AvgIpc) is 4.17. The van der Waals surface area contributed by atoms with Crippen LogP contribution in [0.4, 0.5) is 10.5 Å². The second kappa shape index (κ2) is 16.4. The normalized spacial score (nSPS) is 21.2. The summed E-state index contributed by atoms with van der Waals surface area (Å²) < 4.78 is 4.86. The van der Waals surface area contributed by atoms with Crippen LogP contribution in [0.15, 0.2) is 96.0 Å². The van der Waals surface area contributed by atoms with Gasteiger partial charge in [0, 0.05) is 30.1 Å². The molecule has 5 aromatic carbocycles. The van der Waals surface area contributed by atoms with Gasteiger partial charge in [0.25, 0.3) is 5.91 Å².